The Balaban J connectivity index is 1.51. The topological polar surface area (TPSA) is 52.7 Å². The fraction of sp³-hybridized carbons (Fsp3) is 0.600. The number of hydrogen-bond donors (Lipinski definition) is 1. The molecule has 0 radical (unpaired) electrons. The Hall–Kier alpha value is -1.59. The summed E-state index contributed by atoms with van der Waals surface area (Å²) in [6.07, 6.45) is 2.78. The van der Waals surface area contributed by atoms with Crippen molar-refractivity contribution in [1.82, 2.24) is 10.2 Å². The predicted octanol–water partition coefficient (Wildman–Crippen LogP) is 2.93. The maximum absolute atomic E-state index is 12.6. The highest BCUT2D eigenvalue weighted by Gasteiger charge is 2.35. The van der Waals surface area contributed by atoms with Gasteiger partial charge in [-0.25, -0.2) is 0 Å². The first-order valence-electron chi connectivity index (χ1n) is 9.51. The van der Waals surface area contributed by atoms with Crippen LogP contribution < -0.4 is 10.2 Å². The molecule has 2 amide bonds. The van der Waals surface area contributed by atoms with Crippen molar-refractivity contribution in [3.63, 3.8) is 0 Å². The van der Waals surface area contributed by atoms with Crippen LogP contribution in [0.15, 0.2) is 24.3 Å². The van der Waals surface area contributed by atoms with Crippen molar-refractivity contribution in [2.45, 2.75) is 39.2 Å². The maximum atomic E-state index is 12.6. The lowest BCUT2D eigenvalue weighted by Gasteiger charge is -2.35. The highest BCUT2D eigenvalue weighted by Crippen LogP contribution is 2.27. The molecule has 26 heavy (non-hydrogen) atoms. The zero-order chi connectivity index (χ0) is 18.7. The first kappa shape index (κ1) is 19.2. The van der Waals surface area contributed by atoms with Gasteiger partial charge < -0.3 is 10.2 Å². The van der Waals surface area contributed by atoms with Crippen molar-refractivity contribution in [3.8, 4) is 0 Å². The highest BCUT2D eigenvalue weighted by molar-refractivity contribution is 6.30. The van der Waals surface area contributed by atoms with Crippen molar-refractivity contribution in [2.24, 2.45) is 11.8 Å². The Kier molecular flexibility index (Phi) is 6.20. The molecule has 2 aliphatic rings. The summed E-state index contributed by atoms with van der Waals surface area (Å²) < 4.78 is 0. The summed E-state index contributed by atoms with van der Waals surface area (Å²) in [6, 6.07) is 7.53. The number of carbonyl (C=O) groups excluding carboxylic acids is 2. The first-order chi connectivity index (χ1) is 12.4. The molecular weight excluding hydrogens is 350 g/mol. The number of likely N-dealkylation sites (tertiary alicyclic amines) is 1. The average molecular weight is 378 g/mol. The molecule has 3 rings (SSSR count). The Labute approximate surface area is 160 Å². The molecule has 1 N–H and O–H groups in total. The van der Waals surface area contributed by atoms with Crippen molar-refractivity contribution < 1.29 is 9.59 Å². The SMILES string of the molecule is C[C@@H]1CCCN([C@H](C)CNC(=O)[C@@H]2CC(=O)N(c3cccc(Cl)c3)C2)C1. The predicted molar refractivity (Wildman–Crippen MR) is 104 cm³/mol. The van der Waals surface area contributed by atoms with Crippen LogP contribution in [0.2, 0.25) is 5.02 Å². The highest BCUT2D eigenvalue weighted by atomic mass is 35.5. The van der Waals surface area contributed by atoms with Gasteiger partial charge in [0, 0.05) is 42.8 Å². The molecule has 0 aliphatic carbocycles. The van der Waals surface area contributed by atoms with Crippen LogP contribution in [-0.2, 0) is 9.59 Å². The lowest BCUT2D eigenvalue weighted by molar-refractivity contribution is -0.126. The number of hydrogen-bond acceptors (Lipinski definition) is 3. The minimum atomic E-state index is -0.297. The molecule has 1 aromatic rings. The minimum absolute atomic E-state index is 0.0229. The Morgan fingerprint density at radius 1 is 1.38 bits per heavy atom. The molecule has 142 valence electrons. The molecule has 2 fully saturated rings. The fourth-order valence-electron chi connectivity index (χ4n) is 3.92. The van der Waals surface area contributed by atoms with Crippen molar-refractivity contribution in [1.29, 1.82) is 0 Å². The number of piperidine rings is 1. The number of carbonyl (C=O) groups is 2. The molecule has 2 saturated heterocycles. The second-order valence-electron chi connectivity index (χ2n) is 7.72. The van der Waals surface area contributed by atoms with Gasteiger partial charge in [-0.1, -0.05) is 24.6 Å². The van der Waals surface area contributed by atoms with Crippen molar-refractivity contribution in [2.75, 3.05) is 31.1 Å². The standard InChI is InChI=1S/C20H28ClN3O2/c1-14-5-4-8-23(12-14)15(2)11-22-20(26)16-9-19(25)24(13-16)18-7-3-6-17(21)10-18/h3,6-7,10,14-16H,4-5,8-9,11-13H2,1-2H3,(H,22,26)/t14-,15-,16-/m1/s1. The summed E-state index contributed by atoms with van der Waals surface area (Å²) in [7, 11) is 0. The van der Waals surface area contributed by atoms with E-state index < -0.39 is 0 Å². The van der Waals surface area contributed by atoms with E-state index in [0.717, 1.165) is 24.7 Å². The number of nitrogens with zero attached hydrogens (tertiary/aromatic N) is 2. The average Bonchev–Trinajstić information content (AvgIpc) is 3.01. The Morgan fingerprint density at radius 2 is 2.19 bits per heavy atom. The first-order valence-corrected chi connectivity index (χ1v) is 9.89. The lowest BCUT2D eigenvalue weighted by Crippen LogP contribution is -2.47. The molecule has 5 nitrogen and oxygen atoms in total. The van der Waals surface area contributed by atoms with Crippen LogP contribution in [0.3, 0.4) is 0 Å². The minimum Gasteiger partial charge on any atom is -0.354 e. The Morgan fingerprint density at radius 3 is 2.92 bits per heavy atom. The second kappa shape index (κ2) is 8.40. The number of halogens is 1. The van der Waals surface area contributed by atoms with Gasteiger partial charge in [0.05, 0.1) is 5.92 Å². The largest absolute Gasteiger partial charge is 0.354 e. The molecule has 2 aliphatic heterocycles. The van der Waals surface area contributed by atoms with Gasteiger partial charge in [-0.3, -0.25) is 14.5 Å². The van der Waals surface area contributed by atoms with Crippen LogP contribution in [0.25, 0.3) is 0 Å². The number of anilines is 1. The van der Waals surface area contributed by atoms with E-state index in [9.17, 15) is 9.59 Å². The van der Waals surface area contributed by atoms with Crippen LogP contribution in [0.4, 0.5) is 5.69 Å². The van der Waals surface area contributed by atoms with Crippen LogP contribution in [0.5, 0.6) is 0 Å². The second-order valence-corrected chi connectivity index (χ2v) is 8.16. The molecule has 2 heterocycles. The van der Waals surface area contributed by atoms with E-state index >= 15 is 0 Å². The van der Waals surface area contributed by atoms with Gasteiger partial charge in [0.15, 0.2) is 0 Å². The quantitative estimate of drug-likeness (QED) is 0.858. The zero-order valence-corrected chi connectivity index (χ0v) is 16.3. The third-order valence-corrected chi connectivity index (χ3v) is 5.73. The third-order valence-electron chi connectivity index (χ3n) is 5.50. The molecule has 3 atom stereocenters. The van der Waals surface area contributed by atoms with E-state index in [4.69, 9.17) is 11.6 Å². The zero-order valence-electron chi connectivity index (χ0n) is 15.6. The van der Waals surface area contributed by atoms with E-state index in [0.29, 0.717) is 24.2 Å². The van der Waals surface area contributed by atoms with Gasteiger partial charge in [-0.15, -0.1) is 0 Å². The number of rotatable bonds is 5. The van der Waals surface area contributed by atoms with E-state index in [1.807, 2.05) is 12.1 Å². The summed E-state index contributed by atoms with van der Waals surface area (Å²) in [5.41, 5.74) is 0.758. The van der Waals surface area contributed by atoms with Crippen LogP contribution in [0.1, 0.15) is 33.1 Å². The van der Waals surface area contributed by atoms with Crippen LogP contribution in [-0.4, -0.2) is 48.9 Å². The summed E-state index contributed by atoms with van der Waals surface area (Å²) in [5, 5.41) is 3.65. The molecule has 0 aromatic heterocycles. The van der Waals surface area contributed by atoms with E-state index in [1.165, 1.54) is 12.8 Å². The fourth-order valence-corrected chi connectivity index (χ4v) is 4.11. The summed E-state index contributed by atoms with van der Waals surface area (Å²) in [6.45, 7) is 7.70. The van der Waals surface area contributed by atoms with Gasteiger partial charge in [0.25, 0.3) is 0 Å². The van der Waals surface area contributed by atoms with Gasteiger partial charge in [0.1, 0.15) is 0 Å². The molecular formula is C20H28ClN3O2. The smallest absolute Gasteiger partial charge is 0.227 e. The van der Waals surface area contributed by atoms with Gasteiger partial charge in [-0.05, 0) is 50.4 Å². The molecule has 0 spiro atoms. The molecule has 1 aromatic carbocycles. The monoisotopic (exact) mass is 377 g/mol. The lowest BCUT2D eigenvalue weighted by atomic mass is 9.99. The number of amides is 2. The maximum Gasteiger partial charge on any atom is 0.227 e. The normalized spacial score (nSPS) is 25.3. The third kappa shape index (κ3) is 4.57. The summed E-state index contributed by atoms with van der Waals surface area (Å²) in [4.78, 5) is 29.0. The van der Waals surface area contributed by atoms with Gasteiger partial charge in [0.2, 0.25) is 11.8 Å². The van der Waals surface area contributed by atoms with E-state index in [1.54, 1.807) is 17.0 Å². The Bertz CT molecular complexity index is 666. The molecule has 0 saturated carbocycles. The van der Waals surface area contributed by atoms with Crippen LogP contribution in [0, 0.1) is 11.8 Å². The summed E-state index contributed by atoms with van der Waals surface area (Å²) in [5.74, 6) is 0.375. The van der Waals surface area contributed by atoms with E-state index in [2.05, 4.69) is 24.1 Å². The molecule has 0 unspecified atom stereocenters. The number of benzene rings is 1. The van der Waals surface area contributed by atoms with Crippen molar-refractivity contribution >= 4 is 29.1 Å². The van der Waals surface area contributed by atoms with Gasteiger partial charge >= 0.3 is 0 Å². The summed E-state index contributed by atoms with van der Waals surface area (Å²) >= 11 is 6.02. The molecule has 0 bridgehead atoms. The van der Waals surface area contributed by atoms with Crippen molar-refractivity contribution in [3.05, 3.63) is 29.3 Å². The number of nitrogens with one attached hydrogen (secondary N) is 1. The molecule has 6 heteroatoms. The van der Waals surface area contributed by atoms with Gasteiger partial charge in [-0.2, -0.15) is 0 Å². The van der Waals surface area contributed by atoms with E-state index in [-0.39, 0.29) is 24.2 Å². The van der Waals surface area contributed by atoms with Crippen LogP contribution >= 0.6 is 11.6 Å².